The predicted molar refractivity (Wildman–Crippen MR) is 124 cm³/mol. The van der Waals surface area contributed by atoms with Gasteiger partial charge >= 0.3 is 5.00 Å². The monoisotopic (exact) mass is 468 g/mol. The smallest absolute Gasteiger partial charge is 0.324 e. The van der Waals surface area contributed by atoms with Gasteiger partial charge in [0.1, 0.15) is 5.82 Å². The Kier molecular flexibility index (Phi) is 5.35. The minimum Gasteiger partial charge on any atom is -0.384 e. The first-order valence-corrected chi connectivity index (χ1v) is 11.2. The van der Waals surface area contributed by atoms with Crippen molar-refractivity contribution in [1.82, 2.24) is 0 Å². The molecule has 0 spiro atoms. The van der Waals surface area contributed by atoms with E-state index in [4.69, 9.17) is 17.3 Å². The first-order valence-electron chi connectivity index (χ1n) is 10.0. The van der Waals surface area contributed by atoms with Crippen LogP contribution in [0.4, 0.5) is 10.7 Å². The van der Waals surface area contributed by atoms with Crippen molar-refractivity contribution in [2.75, 3.05) is 4.90 Å². The molecular formula is C23H21ClN4O3S. The van der Waals surface area contributed by atoms with Crippen LogP contribution in [0.15, 0.2) is 53.0 Å². The second-order valence-electron chi connectivity index (χ2n) is 8.84. The SMILES string of the molecule is Cc1ccc(Cl)cc1N1C(N)=C(C#N)[C@H](c2ccc([N+](=O)[O-])s2)C2=C1CC(C)(C)CC2=O. The van der Waals surface area contributed by atoms with Crippen molar-refractivity contribution < 1.29 is 9.72 Å². The Morgan fingerprint density at radius 2 is 2.03 bits per heavy atom. The maximum absolute atomic E-state index is 13.5. The molecule has 4 rings (SSSR count). The molecule has 1 atom stereocenters. The third-order valence-electron chi connectivity index (χ3n) is 5.87. The Labute approximate surface area is 194 Å². The molecule has 7 nitrogen and oxygen atoms in total. The molecule has 0 unspecified atom stereocenters. The topological polar surface area (TPSA) is 113 Å². The highest BCUT2D eigenvalue weighted by molar-refractivity contribution is 7.15. The molecule has 0 radical (unpaired) electrons. The van der Waals surface area contributed by atoms with Crippen LogP contribution in [0.2, 0.25) is 5.02 Å². The molecule has 0 fully saturated rings. The zero-order valence-electron chi connectivity index (χ0n) is 17.8. The average Bonchev–Trinajstić information content (AvgIpc) is 3.19. The Balaban J connectivity index is 2.02. The van der Waals surface area contributed by atoms with Crippen molar-refractivity contribution in [3.63, 3.8) is 0 Å². The molecule has 164 valence electrons. The molecule has 2 heterocycles. The van der Waals surface area contributed by atoms with E-state index in [0.29, 0.717) is 39.7 Å². The van der Waals surface area contributed by atoms with E-state index >= 15 is 0 Å². The third-order valence-corrected chi connectivity index (χ3v) is 7.21. The van der Waals surface area contributed by atoms with E-state index in [1.807, 2.05) is 26.8 Å². The molecule has 32 heavy (non-hydrogen) atoms. The van der Waals surface area contributed by atoms with Crippen LogP contribution in [-0.2, 0) is 4.79 Å². The van der Waals surface area contributed by atoms with Crippen molar-refractivity contribution >= 4 is 39.4 Å². The van der Waals surface area contributed by atoms with Gasteiger partial charge in [-0.15, -0.1) is 0 Å². The highest BCUT2D eigenvalue weighted by Gasteiger charge is 2.45. The molecule has 0 bridgehead atoms. The number of hydrogen-bond acceptors (Lipinski definition) is 7. The molecule has 1 aliphatic carbocycles. The summed E-state index contributed by atoms with van der Waals surface area (Å²) in [6.07, 6.45) is 0.875. The van der Waals surface area contributed by atoms with Gasteiger partial charge in [0.25, 0.3) is 0 Å². The normalized spacial score (nSPS) is 20.3. The van der Waals surface area contributed by atoms with Gasteiger partial charge in [0.05, 0.1) is 28.2 Å². The van der Waals surface area contributed by atoms with Gasteiger partial charge < -0.3 is 5.73 Å². The lowest BCUT2D eigenvalue weighted by atomic mass is 9.69. The van der Waals surface area contributed by atoms with Crippen LogP contribution in [0.3, 0.4) is 0 Å². The Bertz CT molecular complexity index is 1270. The number of nitrogens with zero attached hydrogens (tertiary/aromatic N) is 3. The van der Waals surface area contributed by atoms with Crippen LogP contribution >= 0.6 is 22.9 Å². The van der Waals surface area contributed by atoms with E-state index in [2.05, 4.69) is 6.07 Å². The number of nitriles is 1. The highest BCUT2D eigenvalue weighted by atomic mass is 35.5. The van der Waals surface area contributed by atoms with Crippen molar-refractivity contribution in [3.05, 3.63) is 78.6 Å². The second kappa shape index (κ2) is 7.76. The molecule has 1 aliphatic heterocycles. The fourth-order valence-corrected chi connectivity index (χ4v) is 5.60. The van der Waals surface area contributed by atoms with E-state index < -0.39 is 10.8 Å². The molecule has 0 saturated heterocycles. The molecule has 1 aromatic heterocycles. The molecule has 2 aromatic rings. The first kappa shape index (κ1) is 22.1. The quantitative estimate of drug-likeness (QED) is 0.466. The summed E-state index contributed by atoms with van der Waals surface area (Å²) in [6.45, 7) is 5.94. The molecule has 9 heteroatoms. The number of thiophene rings is 1. The third kappa shape index (κ3) is 3.57. The van der Waals surface area contributed by atoms with Gasteiger partial charge in [-0.25, -0.2) is 0 Å². The minimum atomic E-state index is -0.729. The van der Waals surface area contributed by atoms with Crippen LogP contribution in [0.1, 0.15) is 43.0 Å². The molecule has 0 saturated carbocycles. The van der Waals surface area contributed by atoms with Gasteiger partial charge in [0.15, 0.2) is 5.78 Å². The fraction of sp³-hybridized carbons (Fsp3) is 0.304. The number of anilines is 1. The number of aryl methyl sites for hydroxylation is 1. The lowest BCUT2D eigenvalue weighted by Gasteiger charge is -2.43. The lowest BCUT2D eigenvalue weighted by molar-refractivity contribution is -0.380. The Morgan fingerprint density at radius 1 is 1.31 bits per heavy atom. The first-order chi connectivity index (χ1) is 15.0. The predicted octanol–water partition coefficient (Wildman–Crippen LogP) is 5.56. The number of halogens is 1. The molecular weight excluding hydrogens is 448 g/mol. The van der Waals surface area contributed by atoms with Crippen molar-refractivity contribution in [2.24, 2.45) is 11.1 Å². The molecule has 0 amide bonds. The zero-order chi connectivity index (χ0) is 23.4. The van der Waals surface area contributed by atoms with Gasteiger partial charge in [-0.2, -0.15) is 5.26 Å². The van der Waals surface area contributed by atoms with Crippen LogP contribution < -0.4 is 10.6 Å². The summed E-state index contributed by atoms with van der Waals surface area (Å²) >= 11 is 7.24. The van der Waals surface area contributed by atoms with Crippen LogP contribution in [0, 0.1) is 33.8 Å². The Hall–Kier alpha value is -3.15. The van der Waals surface area contributed by atoms with Crippen LogP contribution in [-0.4, -0.2) is 10.7 Å². The van der Waals surface area contributed by atoms with Gasteiger partial charge in [-0.05, 0) is 42.5 Å². The summed E-state index contributed by atoms with van der Waals surface area (Å²) in [5.41, 5.74) is 9.27. The number of Topliss-reactive ketones (excluding diaryl/α,β-unsaturated/α-hetero) is 1. The number of allylic oxidation sites excluding steroid dienone is 3. The fourth-order valence-electron chi connectivity index (χ4n) is 4.49. The van der Waals surface area contributed by atoms with E-state index in [1.165, 1.54) is 6.07 Å². The lowest BCUT2D eigenvalue weighted by Crippen LogP contribution is -2.42. The summed E-state index contributed by atoms with van der Waals surface area (Å²) in [6, 6.07) is 10.6. The summed E-state index contributed by atoms with van der Waals surface area (Å²) < 4.78 is 0. The maximum Gasteiger partial charge on any atom is 0.324 e. The van der Waals surface area contributed by atoms with Crippen LogP contribution in [0.5, 0.6) is 0 Å². The number of nitro groups is 1. The molecule has 2 aliphatic rings. The zero-order valence-corrected chi connectivity index (χ0v) is 19.4. The Morgan fingerprint density at radius 3 is 2.66 bits per heavy atom. The number of ketones is 1. The van der Waals surface area contributed by atoms with E-state index in [0.717, 1.165) is 16.9 Å². The molecule has 2 N–H and O–H groups in total. The van der Waals surface area contributed by atoms with Crippen molar-refractivity contribution in [1.29, 1.82) is 5.26 Å². The van der Waals surface area contributed by atoms with Gasteiger partial charge in [-0.3, -0.25) is 19.8 Å². The molecule has 1 aromatic carbocycles. The number of benzene rings is 1. The van der Waals surface area contributed by atoms with E-state index in [9.17, 15) is 20.2 Å². The standard InChI is InChI=1S/C23H21ClN4O3S/c1-12-4-5-13(24)8-15(12)27-16-9-23(2,3)10-17(29)21(16)20(14(11-25)22(27)26)18-6-7-19(32-18)28(30)31/h4-8,20H,9-10,26H2,1-3H3/t20-/m1/s1. The summed E-state index contributed by atoms with van der Waals surface area (Å²) in [7, 11) is 0. The van der Waals surface area contributed by atoms with Crippen molar-refractivity contribution in [2.45, 2.75) is 39.5 Å². The maximum atomic E-state index is 13.5. The summed E-state index contributed by atoms with van der Waals surface area (Å²) in [4.78, 5) is 26.6. The van der Waals surface area contributed by atoms with E-state index in [1.54, 1.807) is 23.1 Å². The van der Waals surface area contributed by atoms with Crippen LogP contribution in [0.25, 0.3) is 0 Å². The average molecular weight is 469 g/mol. The van der Waals surface area contributed by atoms with Crippen molar-refractivity contribution in [3.8, 4) is 6.07 Å². The minimum absolute atomic E-state index is 0.0466. The summed E-state index contributed by atoms with van der Waals surface area (Å²) in [5, 5.41) is 21.8. The highest BCUT2D eigenvalue weighted by Crippen LogP contribution is 2.52. The number of carbonyl (C=O) groups is 1. The van der Waals surface area contributed by atoms with Gasteiger partial charge in [-0.1, -0.05) is 42.9 Å². The summed E-state index contributed by atoms with van der Waals surface area (Å²) in [5.74, 6) is -0.599. The number of hydrogen-bond donors (Lipinski definition) is 1. The van der Waals surface area contributed by atoms with Gasteiger partial charge in [0, 0.05) is 33.7 Å². The number of rotatable bonds is 3. The number of carbonyl (C=O) groups excluding carboxylic acids is 1. The van der Waals surface area contributed by atoms with Gasteiger partial charge in [0.2, 0.25) is 0 Å². The second-order valence-corrected chi connectivity index (χ2v) is 10.4. The number of nitrogens with two attached hydrogens (primary N) is 1. The van der Waals surface area contributed by atoms with E-state index in [-0.39, 0.29) is 27.6 Å². The largest absolute Gasteiger partial charge is 0.384 e.